The van der Waals surface area contributed by atoms with Crippen molar-refractivity contribution < 1.29 is 14.0 Å². The highest BCUT2D eigenvalue weighted by Crippen LogP contribution is 1.98. The highest BCUT2D eigenvalue weighted by molar-refractivity contribution is 9.11. The first-order valence-electron chi connectivity index (χ1n) is 4.51. The molecule has 1 aromatic heterocycles. The zero-order valence-electron chi connectivity index (χ0n) is 8.46. The summed E-state index contributed by atoms with van der Waals surface area (Å²) >= 11 is 3.10. The maximum atomic E-state index is 11.3. The fourth-order valence-corrected chi connectivity index (χ4v) is 1.05. The summed E-state index contributed by atoms with van der Waals surface area (Å²) in [5.74, 6) is -0.531. The molecule has 0 saturated carbocycles. The van der Waals surface area contributed by atoms with E-state index in [1.165, 1.54) is 12.3 Å². The lowest BCUT2D eigenvalue weighted by Crippen LogP contribution is -2.37. The van der Waals surface area contributed by atoms with Crippen molar-refractivity contribution in [3.8, 4) is 0 Å². The largest absolute Gasteiger partial charge is 0.459 e. The summed E-state index contributed by atoms with van der Waals surface area (Å²) < 4.78 is 5.53. The summed E-state index contributed by atoms with van der Waals surface area (Å²) in [6.07, 6.45) is 1.39. The maximum absolute atomic E-state index is 11.3. The molecular formula is C10H11BrN2O3. The van der Waals surface area contributed by atoms with Gasteiger partial charge in [0.05, 0.1) is 12.8 Å². The highest BCUT2D eigenvalue weighted by atomic mass is 79.9. The van der Waals surface area contributed by atoms with E-state index in [2.05, 4.69) is 33.1 Å². The van der Waals surface area contributed by atoms with Gasteiger partial charge in [0, 0.05) is 11.0 Å². The molecule has 0 aliphatic carbocycles. The summed E-state index contributed by atoms with van der Waals surface area (Å²) in [4.78, 5) is 22.5. The van der Waals surface area contributed by atoms with Crippen molar-refractivity contribution in [2.45, 2.75) is 0 Å². The molecule has 0 aromatic carbocycles. The third kappa shape index (κ3) is 4.31. The molecule has 16 heavy (non-hydrogen) atoms. The molecule has 6 heteroatoms. The number of halogens is 1. The van der Waals surface area contributed by atoms with Crippen molar-refractivity contribution in [1.82, 2.24) is 10.6 Å². The molecule has 0 unspecified atom stereocenters. The standard InChI is InChI=1S/C10H11BrN2O3/c1-7(11)5-12-9(14)6-13-10(15)8-3-2-4-16-8/h2-4H,1,5-6H2,(H,12,14)(H,13,15). The number of rotatable bonds is 5. The molecule has 0 fully saturated rings. The number of hydrogen-bond donors (Lipinski definition) is 2. The van der Waals surface area contributed by atoms with Crippen molar-refractivity contribution in [3.63, 3.8) is 0 Å². The molecule has 0 radical (unpaired) electrons. The van der Waals surface area contributed by atoms with Crippen LogP contribution in [-0.2, 0) is 4.79 Å². The molecule has 1 rings (SSSR count). The Balaban J connectivity index is 2.27. The van der Waals surface area contributed by atoms with E-state index in [1.807, 2.05) is 0 Å². The Hall–Kier alpha value is -1.56. The van der Waals surface area contributed by atoms with Gasteiger partial charge in [-0.1, -0.05) is 22.5 Å². The van der Waals surface area contributed by atoms with Gasteiger partial charge in [-0.05, 0) is 12.1 Å². The minimum Gasteiger partial charge on any atom is -0.459 e. The number of carbonyl (C=O) groups is 2. The second-order valence-corrected chi connectivity index (χ2v) is 4.08. The lowest BCUT2D eigenvalue weighted by molar-refractivity contribution is -0.119. The van der Waals surface area contributed by atoms with E-state index >= 15 is 0 Å². The molecule has 1 heterocycles. The SMILES string of the molecule is C=C(Br)CNC(=O)CNC(=O)c1ccco1. The molecule has 0 aliphatic heterocycles. The summed E-state index contributed by atoms with van der Waals surface area (Å²) in [5.41, 5.74) is 0. The monoisotopic (exact) mass is 286 g/mol. The molecule has 86 valence electrons. The van der Waals surface area contributed by atoms with Gasteiger partial charge in [0.25, 0.3) is 5.91 Å². The zero-order valence-corrected chi connectivity index (χ0v) is 10.0. The Bertz CT molecular complexity index is 387. The quantitative estimate of drug-likeness (QED) is 0.849. The minimum atomic E-state index is -0.419. The normalized spacial score (nSPS) is 9.56. The predicted octanol–water partition coefficient (Wildman–Crippen LogP) is 1.03. The topological polar surface area (TPSA) is 71.3 Å². The van der Waals surface area contributed by atoms with Gasteiger partial charge >= 0.3 is 0 Å². The fourth-order valence-electron chi connectivity index (χ4n) is 0.912. The summed E-state index contributed by atoms with van der Waals surface area (Å²) in [6, 6.07) is 3.12. The number of amides is 2. The average Bonchev–Trinajstić information content (AvgIpc) is 2.76. The van der Waals surface area contributed by atoms with Gasteiger partial charge in [-0.2, -0.15) is 0 Å². The fraction of sp³-hybridized carbons (Fsp3) is 0.200. The first-order valence-corrected chi connectivity index (χ1v) is 5.30. The van der Waals surface area contributed by atoms with Crippen LogP contribution < -0.4 is 10.6 Å². The van der Waals surface area contributed by atoms with Crippen molar-refractivity contribution in [2.24, 2.45) is 0 Å². The third-order valence-electron chi connectivity index (χ3n) is 1.63. The van der Waals surface area contributed by atoms with E-state index in [0.717, 1.165) is 0 Å². The lowest BCUT2D eigenvalue weighted by Gasteiger charge is -2.04. The molecule has 5 nitrogen and oxygen atoms in total. The number of hydrogen-bond acceptors (Lipinski definition) is 3. The minimum absolute atomic E-state index is 0.0974. The zero-order chi connectivity index (χ0) is 12.0. The van der Waals surface area contributed by atoms with E-state index in [-0.39, 0.29) is 18.2 Å². The van der Waals surface area contributed by atoms with Gasteiger partial charge in [-0.15, -0.1) is 0 Å². The molecule has 0 spiro atoms. The molecule has 2 amide bonds. The molecule has 2 N–H and O–H groups in total. The Kier molecular flexibility index (Phi) is 4.78. The molecule has 0 bridgehead atoms. The first-order chi connectivity index (χ1) is 7.59. The lowest BCUT2D eigenvalue weighted by atomic mass is 10.4. The van der Waals surface area contributed by atoms with Crippen LogP contribution in [0.5, 0.6) is 0 Å². The van der Waals surface area contributed by atoms with Crippen LogP contribution in [0.1, 0.15) is 10.6 Å². The summed E-state index contributed by atoms with van der Waals surface area (Å²) in [6.45, 7) is 3.79. The van der Waals surface area contributed by atoms with Crippen molar-refractivity contribution >= 4 is 27.7 Å². The Labute approximate surface area is 101 Å². The molecule has 0 aliphatic rings. The smallest absolute Gasteiger partial charge is 0.287 e. The van der Waals surface area contributed by atoms with Crippen LogP contribution in [0.25, 0.3) is 0 Å². The van der Waals surface area contributed by atoms with Gasteiger partial charge in [-0.25, -0.2) is 0 Å². The highest BCUT2D eigenvalue weighted by Gasteiger charge is 2.09. The molecule has 1 aromatic rings. The van der Waals surface area contributed by atoms with Crippen LogP contribution in [0, 0.1) is 0 Å². The van der Waals surface area contributed by atoms with Gasteiger partial charge in [-0.3, -0.25) is 9.59 Å². The van der Waals surface area contributed by atoms with Crippen LogP contribution in [0.4, 0.5) is 0 Å². The van der Waals surface area contributed by atoms with Crippen LogP contribution in [0.2, 0.25) is 0 Å². The summed E-state index contributed by atoms with van der Waals surface area (Å²) in [7, 11) is 0. The molecule has 0 atom stereocenters. The summed E-state index contributed by atoms with van der Waals surface area (Å²) in [5, 5.41) is 4.97. The van der Waals surface area contributed by atoms with Gasteiger partial charge in [0.15, 0.2) is 5.76 Å². The number of carbonyl (C=O) groups excluding carboxylic acids is 2. The Morgan fingerprint density at radius 3 is 2.69 bits per heavy atom. The van der Waals surface area contributed by atoms with Crippen molar-refractivity contribution in [3.05, 3.63) is 35.2 Å². The van der Waals surface area contributed by atoms with E-state index in [9.17, 15) is 9.59 Å². The van der Waals surface area contributed by atoms with E-state index in [1.54, 1.807) is 6.07 Å². The van der Waals surface area contributed by atoms with Gasteiger partial charge in [0.2, 0.25) is 5.91 Å². The van der Waals surface area contributed by atoms with E-state index in [0.29, 0.717) is 11.0 Å². The van der Waals surface area contributed by atoms with Crippen LogP contribution >= 0.6 is 15.9 Å². The van der Waals surface area contributed by atoms with Crippen LogP contribution in [0.3, 0.4) is 0 Å². The second kappa shape index (κ2) is 6.12. The van der Waals surface area contributed by atoms with Gasteiger partial charge < -0.3 is 15.1 Å². The van der Waals surface area contributed by atoms with E-state index in [4.69, 9.17) is 4.42 Å². The average molecular weight is 287 g/mol. The van der Waals surface area contributed by atoms with Crippen molar-refractivity contribution in [2.75, 3.05) is 13.1 Å². The predicted molar refractivity (Wildman–Crippen MR) is 62.1 cm³/mol. The maximum Gasteiger partial charge on any atom is 0.287 e. The second-order valence-electron chi connectivity index (χ2n) is 2.95. The first kappa shape index (κ1) is 12.5. The Morgan fingerprint density at radius 1 is 1.38 bits per heavy atom. The van der Waals surface area contributed by atoms with Crippen molar-refractivity contribution in [1.29, 1.82) is 0 Å². The molecule has 0 saturated heterocycles. The van der Waals surface area contributed by atoms with Crippen LogP contribution in [0.15, 0.2) is 33.9 Å². The third-order valence-corrected chi connectivity index (χ3v) is 1.91. The number of nitrogens with one attached hydrogen (secondary N) is 2. The van der Waals surface area contributed by atoms with E-state index < -0.39 is 5.91 Å². The molecular weight excluding hydrogens is 276 g/mol. The number of furan rings is 1. The Morgan fingerprint density at radius 2 is 2.12 bits per heavy atom. The van der Waals surface area contributed by atoms with Crippen LogP contribution in [-0.4, -0.2) is 24.9 Å². The van der Waals surface area contributed by atoms with Gasteiger partial charge in [0.1, 0.15) is 0 Å².